The highest BCUT2D eigenvalue weighted by Gasteiger charge is 2.05. The van der Waals surface area contributed by atoms with Gasteiger partial charge in [0.1, 0.15) is 0 Å². The van der Waals surface area contributed by atoms with Gasteiger partial charge in [-0.15, -0.1) is 11.3 Å². The molecule has 104 valence electrons. The van der Waals surface area contributed by atoms with Crippen molar-refractivity contribution >= 4 is 33.7 Å². The molecule has 3 rings (SSSR count). The summed E-state index contributed by atoms with van der Waals surface area (Å²) in [6.45, 7) is 1.89. The van der Waals surface area contributed by atoms with E-state index < -0.39 is 0 Å². The summed E-state index contributed by atoms with van der Waals surface area (Å²) in [6.07, 6.45) is 0. The number of rotatable bonds is 3. The van der Waals surface area contributed by atoms with Gasteiger partial charge < -0.3 is 0 Å². The highest BCUT2D eigenvalue weighted by molar-refractivity contribution is 7.12. The monoisotopic (exact) mass is 294 g/mol. The molecule has 0 bridgehead atoms. The number of hydrogen-bond acceptors (Lipinski definition) is 3. The molecule has 0 aliphatic heterocycles. The Hall–Kier alpha value is -2.46. The lowest BCUT2D eigenvalue weighted by Crippen LogP contribution is -2.18. The molecule has 0 atom stereocenters. The fourth-order valence-electron chi connectivity index (χ4n) is 2.08. The number of nitrogens with zero attached hydrogens (tertiary/aromatic N) is 1. The Morgan fingerprint density at radius 2 is 1.86 bits per heavy atom. The van der Waals surface area contributed by atoms with Gasteiger partial charge in [0.15, 0.2) is 0 Å². The summed E-state index contributed by atoms with van der Waals surface area (Å²) >= 11 is 1.40. The molecular formula is C17H14N2OS. The molecule has 21 heavy (non-hydrogen) atoms. The molecule has 0 saturated carbocycles. The van der Waals surface area contributed by atoms with Crippen LogP contribution in [0.1, 0.15) is 22.2 Å². The quantitative estimate of drug-likeness (QED) is 0.574. The van der Waals surface area contributed by atoms with Crippen molar-refractivity contribution < 1.29 is 4.79 Å². The van der Waals surface area contributed by atoms with Gasteiger partial charge in [-0.2, -0.15) is 5.10 Å². The van der Waals surface area contributed by atoms with E-state index in [0.717, 1.165) is 16.7 Å². The molecule has 1 heterocycles. The molecule has 1 aromatic heterocycles. The lowest BCUT2D eigenvalue weighted by Gasteiger charge is -2.04. The summed E-state index contributed by atoms with van der Waals surface area (Å²) in [5.41, 5.74) is 4.37. The summed E-state index contributed by atoms with van der Waals surface area (Å²) < 4.78 is 0. The van der Waals surface area contributed by atoms with Crippen molar-refractivity contribution in [2.24, 2.45) is 5.10 Å². The van der Waals surface area contributed by atoms with Crippen molar-refractivity contribution in [2.45, 2.75) is 6.92 Å². The second kappa shape index (κ2) is 5.89. The van der Waals surface area contributed by atoms with Gasteiger partial charge >= 0.3 is 0 Å². The number of hydrazone groups is 1. The van der Waals surface area contributed by atoms with Gasteiger partial charge in [-0.25, -0.2) is 5.43 Å². The molecule has 0 radical (unpaired) electrons. The first-order valence-corrected chi connectivity index (χ1v) is 7.49. The van der Waals surface area contributed by atoms with Gasteiger partial charge in [-0.1, -0.05) is 42.5 Å². The molecule has 0 saturated heterocycles. The Morgan fingerprint density at radius 3 is 2.62 bits per heavy atom. The van der Waals surface area contributed by atoms with Gasteiger partial charge in [0.2, 0.25) is 0 Å². The van der Waals surface area contributed by atoms with E-state index >= 15 is 0 Å². The topological polar surface area (TPSA) is 41.5 Å². The van der Waals surface area contributed by atoms with Crippen LogP contribution in [0.5, 0.6) is 0 Å². The molecule has 0 aliphatic carbocycles. The van der Waals surface area contributed by atoms with Gasteiger partial charge in [-0.3, -0.25) is 4.79 Å². The zero-order valence-corrected chi connectivity index (χ0v) is 12.4. The fraction of sp³-hybridized carbons (Fsp3) is 0.0588. The lowest BCUT2D eigenvalue weighted by molar-refractivity contribution is 0.0959. The predicted molar refractivity (Wildman–Crippen MR) is 87.9 cm³/mol. The van der Waals surface area contributed by atoms with E-state index in [0.29, 0.717) is 4.88 Å². The van der Waals surface area contributed by atoms with Crippen LogP contribution in [0.4, 0.5) is 0 Å². The van der Waals surface area contributed by atoms with E-state index in [9.17, 15) is 4.79 Å². The van der Waals surface area contributed by atoms with Crippen molar-refractivity contribution in [1.82, 2.24) is 5.43 Å². The molecule has 0 spiro atoms. The summed E-state index contributed by atoms with van der Waals surface area (Å²) in [5, 5.41) is 8.40. The predicted octanol–water partition coefficient (Wildman–Crippen LogP) is 4.06. The van der Waals surface area contributed by atoms with Crippen LogP contribution in [0.25, 0.3) is 10.8 Å². The summed E-state index contributed by atoms with van der Waals surface area (Å²) in [5.74, 6) is -0.176. The largest absolute Gasteiger partial charge is 0.281 e. The first kappa shape index (κ1) is 13.5. The third kappa shape index (κ3) is 3.01. The molecule has 1 amide bonds. The molecule has 1 N–H and O–H groups in total. The van der Waals surface area contributed by atoms with Gasteiger partial charge in [0.25, 0.3) is 5.91 Å². The number of hydrogen-bond donors (Lipinski definition) is 1. The van der Waals surface area contributed by atoms with Crippen LogP contribution in [0.3, 0.4) is 0 Å². The van der Waals surface area contributed by atoms with Crippen molar-refractivity contribution in [3.05, 3.63) is 70.4 Å². The molecule has 3 nitrogen and oxygen atoms in total. The zero-order chi connectivity index (χ0) is 14.7. The normalized spacial score (nSPS) is 11.6. The third-order valence-corrected chi connectivity index (χ3v) is 4.11. The van der Waals surface area contributed by atoms with Crippen LogP contribution >= 0.6 is 11.3 Å². The van der Waals surface area contributed by atoms with E-state index in [4.69, 9.17) is 0 Å². The number of benzene rings is 2. The summed E-state index contributed by atoms with van der Waals surface area (Å²) in [7, 11) is 0. The minimum Gasteiger partial charge on any atom is -0.266 e. The number of nitrogens with one attached hydrogen (secondary N) is 1. The number of thiophene rings is 1. The Bertz CT molecular complexity index is 807. The smallest absolute Gasteiger partial charge is 0.266 e. The van der Waals surface area contributed by atoms with E-state index in [-0.39, 0.29) is 5.91 Å². The lowest BCUT2D eigenvalue weighted by atomic mass is 10.0. The van der Waals surface area contributed by atoms with Crippen LogP contribution in [-0.2, 0) is 0 Å². The maximum Gasteiger partial charge on any atom is 0.281 e. The van der Waals surface area contributed by atoms with Crippen molar-refractivity contribution in [1.29, 1.82) is 0 Å². The molecule has 0 unspecified atom stereocenters. The highest BCUT2D eigenvalue weighted by atomic mass is 32.1. The molecule has 0 fully saturated rings. The Morgan fingerprint density at radius 1 is 1.05 bits per heavy atom. The van der Waals surface area contributed by atoms with Crippen molar-refractivity contribution in [3.63, 3.8) is 0 Å². The standard InChI is InChI=1S/C17H14N2OS/c1-12(18-19-17(20)16-7-4-10-21-16)14-9-8-13-5-2-3-6-15(13)11-14/h2-11H,1H3,(H,19,20)/b18-12-. The van der Waals surface area contributed by atoms with Crippen LogP contribution in [0.15, 0.2) is 65.1 Å². The highest BCUT2D eigenvalue weighted by Crippen LogP contribution is 2.16. The SMILES string of the molecule is C/C(=N/NC(=O)c1cccs1)c1ccc2ccccc2c1. The molecular weight excluding hydrogens is 280 g/mol. The van der Waals surface area contributed by atoms with Gasteiger partial charge in [0, 0.05) is 0 Å². The van der Waals surface area contributed by atoms with Crippen LogP contribution in [0, 0.1) is 0 Å². The zero-order valence-electron chi connectivity index (χ0n) is 11.5. The number of carbonyl (C=O) groups excluding carboxylic acids is 1. The second-order valence-electron chi connectivity index (χ2n) is 4.68. The summed E-state index contributed by atoms with van der Waals surface area (Å²) in [6, 6.07) is 17.9. The Labute approximate surface area is 126 Å². The maximum atomic E-state index is 11.8. The minimum atomic E-state index is -0.176. The number of carbonyl (C=O) groups is 1. The molecule has 3 aromatic rings. The number of fused-ring (bicyclic) bond motifs is 1. The maximum absolute atomic E-state index is 11.8. The third-order valence-electron chi connectivity index (χ3n) is 3.24. The fourth-order valence-corrected chi connectivity index (χ4v) is 2.69. The molecule has 0 aliphatic rings. The Balaban J connectivity index is 1.81. The minimum absolute atomic E-state index is 0.176. The van der Waals surface area contributed by atoms with Crippen LogP contribution in [0.2, 0.25) is 0 Å². The average Bonchev–Trinajstić information content (AvgIpc) is 3.06. The van der Waals surface area contributed by atoms with E-state index in [1.807, 2.05) is 36.6 Å². The van der Waals surface area contributed by atoms with Gasteiger partial charge in [0.05, 0.1) is 10.6 Å². The number of amides is 1. The summed E-state index contributed by atoms with van der Waals surface area (Å²) in [4.78, 5) is 12.5. The van der Waals surface area contributed by atoms with Gasteiger partial charge in [-0.05, 0) is 40.8 Å². The Kier molecular flexibility index (Phi) is 3.79. The molecule has 4 heteroatoms. The van der Waals surface area contributed by atoms with E-state index in [2.05, 4.69) is 34.8 Å². The second-order valence-corrected chi connectivity index (χ2v) is 5.63. The van der Waals surface area contributed by atoms with Crippen LogP contribution in [-0.4, -0.2) is 11.6 Å². The first-order valence-electron chi connectivity index (χ1n) is 6.61. The van der Waals surface area contributed by atoms with E-state index in [1.165, 1.54) is 16.7 Å². The van der Waals surface area contributed by atoms with Crippen molar-refractivity contribution in [3.8, 4) is 0 Å². The first-order chi connectivity index (χ1) is 10.2. The van der Waals surface area contributed by atoms with Crippen molar-refractivity contribution in [2.75, 3.05) is 0 Å². The molecule has 2 aromatic carbocycles. The van der Waals surface area contributed by atoms with Crippen LogP contribution < -0.4 is 5.43 Å². The average molecular weight is 294 g/mol. The van der Waals surface area contributed by atoms with E-state index in [1.54, 1.807) is 6.07 Å².